The van der Waals surface area contributed by atoms with Crippen LogP contribution in [0.2, 0.25) is 0 Å². The molecule has 4 rings (SSSR count). The molecule has 17 heteroatoms. The van der Waals surface area contributed by atoms with E-state index < -0.39 is 29.7 Å². The van der Waals surface area contributed by atoms with Crippen molar-refractivity contribution in [2.75, 3.05) is 19.0 Å². The number of halogens is 4. The number of aromatic amines is 1. The van der Waals surface area contributed by atoms with Crippen LogP contribution in [0.5, 0.6) is 11.5 Å². The van der Waals surface area contributed by atoms with E-state index in [1.54, 1.807) is 37.3 Å². The third kappa shape index (κ3) is 7.58. The molecule has 0 aliphatic carbocycles. The Morgan fingerprint density at radius 1 is 1.19 bits per heavy atom. The van der Waals surface area contributed by atoms with Gasteiger partial charge in [0.15, 0.2) is 17.3 Å². The third-order valence-electron chi connectivity index (χ3n) is 5.29. The average Bonchev–Trinajstić information content (AvgIpc) is 3.34. The summed E-state index contributed by atoms with van der Waals surface area (Å²) in [5, 5.41) is 22.2. The van der Waals surface area contributed by atoms with E-state index >= 15 is 4.39 Å². The highest BCUT2D eigenvalue weighted by Crippen LogP contribution is 2.35. The van der Waals surface area contributed by atoms with Gasteiger partial charge in [0.1, 0.15) is 17.7 Å². The molecule has 1 unspecified atom stereocenters. The zero-order valence-corrected chi connectivity index (χ0v) is 21.9. The Morgan fingerprint density at radius 3 is 2.33 bits per heavy atom. The lowest BCUT2D eigenvalue weighted by atomic mass is 10.0. The fraction of sp³-hybridized carbons (Fsp3) is 0.200. The summed E-state index contributed by atoms with van der Waals surface area (Å²) in [6, 6.07) is 10.0. The summed E-state index contributed by atoms with van der Waals surface area (Å²) >= 11 is 0. The number of nitrogen functional groups attached to an aromatic ring is 1. The minimum absolute atomic E-state index is 0.0646. The summed E-state index contributed by atoms with van der Waals surface area (Å²) in [6.45, 7) is 2.14. The summed E-state index contributed by atoms with van der Waals surface area (Å²) in [6.07, 6.45) is -2.13. The van der Waals surface area contributed by atoms with E-state index in [-0.39, 0.29) is 28.9 Å². The zero-order valence-electron chi connectivity index (χ0n) is 21.9. The van der Waals surface area contributed by atoms with Crippen molar-refractivity contribution in [3.05, 3.63) is 88.1 Å². The molecule has 0 aliphatic rings. The number of nitrogens with zero attached hydrogens (tertiary/aromatic N) is 4. The molecule has 6 N–H and O–H groups in total. The van der Waals surface area contributed by atoms with Crippen LogP contribution in [-0.2, 0) is 4.79 Å². The lowest BCUT2D eigenvalue weighted by Gasteiger charge is -2.21. The van der Waals surface area contributed by atoms with Crippen LogP contribution in [0.4, 0.5) is 23.2 Å². The molecule has 0 fully saturated rings. The number of carboxylic acids is 1. The minimum atomic E-state index is -5.08. The van der Waals surface area contributed by atoms with E-state index in [4.69, 9.17) is 30.5 Å². The van der Waals surface area contributed by atoms with Crippen LogP contribution in [0, 0.1) is 11.2 Å². The van der Waals surface area contributed by atoms with Crippen molar-refractivity contribution in [2.24, 2.45) is 5.73 Å². The van der Waals surface area contributed by atoms with E-state index in [0.717, 1.165) is 4.68 Å². The molecule has 222 valence electrons. The number of nitrogens with one attached hydrogen (secondary N) is 3. The number of benzene rings is 2. The molecule has 13 nitrogen and oxygen atoms in total. The summed E-state index contributed by atoms with van der Waals surface area (Å²) in [5.41, 5.74) is 6.19. The van der Waals surface area contributed by atoms with Crippen molar-refractivity contribution in [1.82, 2.24) is 24.7 Å². The Labute approximate surface area is 234 Å². The molecule has 2 aromatic carbocycles. The highest BCUT2D eigenvalue weighted by atomic mass is 19.4. The van der Waals surface area contributed by atoms with E-state index in [2.05, 4.69) is 25.4 Å². The van der Waals surface area contributed by atoms with E-state index in [1.807, 2.05) is 0 Å². The van der Waals surface area contributed by atoms with Gasteiger partial charge < -0.3 is 25.6 Å². The lowest BCUT2D eigenvalue weighted by Crippen LogP contribution is -2.21. The predicted molar refractivity (Wildman–Crippen MR) is 141 cm³/mol. The summed E-state index contributed by atoms with van der Waals surface area (Å²) in [4.78, 5) is 32.3. The van der Waals surface area contributed by atoms with Crippen molar-refractivity contribution < 1.29 is 36.9 Å². The maximum Gasteiger partial charge on any atom is 0.490 e. The number of carbonyl (C=O) groups is 1. The lowest BCUT2D eigenvalue weighted by molar-refractivity contribution is -0.192. The molecule has 0 spiro atoms. The Balaban J connectivity index is 0.000000616. The molecule has 1 atom stereocenters. The monoisotopic (exact) mass is 592 g/mol. The fourth-order valence-corrected chi connectivity index (χ4v) is 3.41. The summed E-state index contributed by atoms with van der Waals surface area (Å²) in [7, 11) is 1.42. The van der Waals surface area contributed by atoms with Gasteiger partial charge in [-0.3, -0.25) is 10.4 Å². The number of aromatic nitrogens is 5. The first-order valence-corrected chi connectivity index (χ1v) is 11.8. The summed E-state index contributed by atoms with van der Waals surface area (Å²) < 4.78 is 58.9. The van der Waals surface area contributed by atoms with Crippen LogP contribution in [0.25, 0.3) is 5.95 Å². The number of anilines is 1. The number of rotatable bonds is 9. The van der Waals surface area contributed by atoms with Gasteiger partial charge in [-0.25, -0.2) is 23.9 Å². The molecule has 0 amide bonds. The molecular weight excluding hydrogens is 568 g/mol. The first-order valence-electron chi connectivity index (χ1n) is 11.8. The van der Waals surface area contributed by atoms with Crippen molar-refractivity contribution in [1.29, 1.82) is 5.41 Å². The number of hydrogen-bond donors (Lipinski definition) is 5. The number of carboxylic acid groups (broad SMARTS) is 1. The molecule has 2 aromatic heterocycles. The van der Waals surface area contributed by atoms with E-state index in [0.29, 0.717) is 23.6 Å². The highest BCUT2D eigenvalue weighted by molar-refractivity contribution is 5.95. The van der Waals surface area contributed by atoms with Crippen LogP contribution in [0.15, 0.2) is 59.7 Å². The standard InChI is InChI=1S/C23H23FN8O3.C2HF3O2/c1-3-35-18-11-15(16(24)12-17(18)34-2)19(29-14-7-5-13(6-8-14)20(25)26)21-30-23(33)32(31-21)22-27-9-4-10-28-22;3-2(4,5)1(6)7/h4-12,19,29H,3H2,1-2H3,(H3,25,26)(H,30,31,33);(H,6,7). The molecule has 0 aliphatic heterocycles. The second-order valence-electron chi connectivity index (χ2n) is 8.10. The van der Waals surface area contributed by atoms with Crippen molar-refractivity contribution in [3.63, 3.8) is 0 Å². The predicted octanol–water partition coefficient (Wildman–Crippen LogP) is 3.02. The Kier molecular flexibility index (Phi) is 9.80. The van der Waals surface area contributed by atoms with Crippen LogP contribution in [0.3, 0.4) is 0 Å². The number of alkyl halides is 3. The fourth-order valence-electron chi connectivity index (χ4n) is 3.41. The van der Waals surface area contributed by atoms with Gasteiger partial charge in [0.2, 0.25) is 0 Å². The van der Waals surface area contributed by atoms with E-state index in [1.165, 1.54) is 31.6 Å². The molecular formula is C25H24F4N8O5. The molecule has 0 radical (unpaired) electrons. The van der Waals surface area contributed by atoms with Gasteiger partial charge in [-0.1, -0.05) is 0 Å². The normalized spacial score (nSPS) is 11.6. The van der Waals surface area contributed by atoms with Gasteiger partial charge >= 0.3 is 17.8 Å². The molecule has 4 aromatic rings. The molecule has 0 bridgehead atoms. The smallest absolute Gasteiger partial charge is 0.490 e. The Hall–Kier alpha value is -5.48. The van der Waals surface area contributed by atoms with Gasteiger partial charge in [0.05, 0.1) is 13.7 Å². The largest absolute Gasteiger partial charge is 0.493 e. The van der Waals surface area contributed by atoms with E-state index in [9.17, 15) is 18.0 Å². The van der Waals surface area contributed by atoms with Crippen LogP contribution < -0.4 is 26.2 Å². The topological polar surface area (TPSA) is 194 Å². The Morgan fingerprint density at radius 2 is 1.81 bits per heavy atom. The first-order chi connectivity index (χ1) is 19.8. The number of ether oxygens (including phenoxy) is 2. The average molecular weight is 593 g/mol. The van der Waals surface area contributed by atoms with Gasteiger partial charge in [0.25, 0.3) is 5.95 Å². The zero-order chi connectivity index (χ0) is 31.0. The van der Waals surface area contributed by atoms with Crippen LogP contribution >= 0.6 is 0 Å². The molecule has 2 heterocycles. The molecule has 42 heavy (non-hydrogen) atoms. The second kappa shape index (κ2) is 13.2. The maximum absolute atomic E-state index is 15.3. The van der Waals surface area contributed by atoms with Crippen LogP contribution in [-0.4, -0.2) is 61.5 Å². The minimum Gasteiger partial charge on any atom is -0.493 e. The van der Waals surface area contributed by atoms with Gasteiger partial charge in [-0.2, -0.15) is 13.2 Å². The number of H-pyrrole nitrogens is 1. The SMILES string of the molecule is CCOc1cc(C(Nc2ccc(C(=N)N)cc2)c2nn(-c3ncccn3)c(=O)[nH]2)c(F)cc1OC.O=C(O)C(F)(F)F. The number of hydrogen-bond acceptors (Lipinski definition) is 9. The molecule has 0 saturated heterocycles. The van der Waals surface area contributed by atoms with Gasteiger partial charge in [-0.05, 0) is 43.3 Å². The van der Waals surface area contributed by atoms with Gasteiger partial charge in [-0.15, -0.1) is 9.78 Å². The molecule has 0 saturated carbocycles. The summed E-state index contributed by atoms with van der Waals surface area (Å²) in [5.74, 6) is -2.70. The number of methoxy groups -OCH3 is 1. The van der Waals surface area contributed by atoms with Crippen LogP contribution in [0.1, 0.15) is 29.9 Å². The van der Waals surface area contributed by atoms with Gasteiger partial charge in [0, 0.05) is 35.3 Å². The third-order valence-corrected chi connectivity index (χ3v) is 5.29. The second-order valence-corrected chi connectivity index (χ2v) is 8.10. The highest BCUT2D eigenvalue weighted by Gasteiger charge is 2.38. The Bertz CT molecular complexity index is 1590. The van der Waals surface area contributed by atoms with Crippen molar-refractivity contribution >= 4 is 17.5 Å². The van der Waals surface area contributed by atoms with Crippen molar-refractivity contribution in [2.45, 2.75) is 19.1 Å². The number of amidine groups is 1. The van der Waals surface area contributed by atoms with Crippen molar-refractivity contribution in [3.8, 4) is 17.4 Å². The quantitative estimate of drug-likeness (QED) is 0.110. The maximum atomic E-state index is 15.3. The first kappa shape index (κ1) is 31.1. The number of nitrogens with two attached hydrogens (primary N) is 1. The number of aliphatic carboxylic acids is 1.